The molecule has 106 valence electrons. The number of aromatic nitrogens is 1. The molecule has 0 spiro atoms. The lowest BCUT2D eigenvalue weighted by atomic mass is 10.2. The van der Waals surface area contributed by atoms with Crippen molar-refractivity contribution in [1.29, 1.82) is 0 Å². The first-order valence-corrected chi connectivity index (χ1v) is 7.46. The number of ether oxygens (including phenoxy) is 2. The molecule has 0 radical (unpaired) electrons. The highest BCUT2D eigenvalue weighted by atomic mass is 79.9. The Kier molecular flexibility index (Phi) is 4.36. The molecule has 0 fully saturated rings. The second-order valence-electron chi connectivity index (χ2n) is 4.52. The van der Waals surface area contributed by atoms with Gasteiger partial charge in [-0.3, -0.25) is 4.98 Å². The largest absolute Gasteiger partial charge is 0.490 e. The van der Waals surface area contributed by atoms with Crippen molar-refractivity contribution in [2.75, 3.05) is 13.2 Å². The van der Waals surface area contributed by atoms with E-state index >= 15 is 0 Å². The first-order chi connectivity index (χ1) is 10.3. The van der Waals surface area contributed by atoms with Crippen molar-refractivity contribution in [3.63, 3.8) is 0 Å². The van der Waals surface area contributed by atoms with Crippen LogP contribution in [0.5, 0.6) is 11.5 Å². The van der Waals surface area contributed by atoms with Crippen molar-refractivity contribution in [3.05, 3.63) is 65.3 Å². The minimum Gasteiger partial charge on any atom is -0.490 e. The summed E-state index contributed by atoms with van der Waals surface area (Å²) in [7, 11) is 0. The summed E-state index contributed by atoms with van der Waals surface area (Å²) < 4.78 is 12.3. The van der Waals surface area contributed by atoms with Gasteiger partial charge in [-0.2, -0.15) is 0 Å². The van der Waals surface area contributed by atoms with E-state index in [1.54, 1.807) is 6.20 Å². The first-order valence-electron chi connectivity index (χ1n) is 6.67. The maximum atomic E-state index is 5.67. The summed E-state index contributed by atoms with van der Waals surface area (Å²) in [4.78, 5) is 4.36. The number of hydrogen-bond donors (Lipinski definition) is 0. The van der Waals surface area contributed by atoms with Crippen LogP contribution >= 0.6 is 15.9 Å². The second kappa shape index (κ2) is 6.59. The molecule has 1 aromatic heterocycles. The van der Waals surface area contributed by atoms with Gasteiger partial charge in [-0.15, -0.1) is 0 Å². The third kappa shape index (κ3) is 3.73. The van der Waals surface area contributed by atoms with E-state index < -0.39 is 0 Å². The van der Waals surface area contributed by atoms with Gasteiger partial charge in [0.1, 0.15) is 24.7 Å². The molecular weight excluding hydrogens is 330 g/mol. The van der Waals surface area contributed by atoms with E-state index in [0.29, 0.717) is 13.2 Å². The molecule has 3 aromatic rings. The van der Waals surface area contributed by atoms with Gasteiger partial charge in [-0.05, 0) is 30.3 Å². The van der Waals surface area contributed by atoms with Crippen LogP contribution in [0.2, 0.25) is 0 Å². The van der Waals surface area contributed by atoms with Gasteiger partial charge < -0.3 is 9.47 Å². The number of halogens is 1. The normalized spacial score (nSPS) is 10.5. The molecule has 3 rings (SSSR count). The predicted octanol–water partition coefficient (Wildman–Crippen LogP) is 4.46. The molecule has 0 saturated carbocycles. The maximum Gasteiger partial charge on any atom is 0.138 e. The number of rotatable bonds is 5. The van der Waals surface area contributed by atoms with Crippen LogP contribution in [0.3, 0.4) is 0 Å². The number of nitrogens with zero attached hydrogens (tertiary/aromatic N) is 1. The Balaban J connectivity index is 1.54. The average Bonchev–Trinajstić information content (AvgIpc) is 2.51. The van der Waals surface area contributed by atoms with E-state index in [-0.39, 0.29) is 0 Å². The Hall–Kier alpha value is -2.07. The van der Waals surface area contributed by atoms with Crippen LogP contribution in [-0.4, -0.2) is 18.2 Å². The zero-order valence-electron chi connectivity index (χ0n) is 11.3. The number of para-hydroxylation sites is 1. The average molecular weight is 344 g/mol. The van der Waals surface area contributed by atoms with Gasteiger partial charge in [0.05, 0.1) is 11.7 Å². The fourth-order valence-corrected chi connectivity index (χ4v) is 2.38. The Bertz CT molecular complexity index is 745. The van der Waals surface area contributed by atoms with Gasteiger partial charge >= 0.3 is 0 Å². The summed E-state index contributed by atoms with van der Waals surface area (Å²) in [6, 6.07) is 17.7. The fraction of sp³-hybridized carbons (Fsp3) is 0.118. The van der Waals surface area contributed by atoms with Crippen LogP contribution in [0.1, 0.15) is 0 Å². The van der Waals surface area contributed by atoms with E-state index in [0.717, 1.165) is 26.9 Å². The van der Waals surface area contributed by atoms with Crippen molar-refractivity contribution in [1.82, 2.24) is 4.98 Å². The highest BCUT2D eigenvalue weighted by Crippen LogP contribution is 2.19. The van der Waals surface area contributed by atoms with Gasteiger partial charge in [0.25, 0.3) is 0 Å². The van der Waals surface area contributed by atoms with Crippen LogP contribution in [-0.2, 0) is 0 Å². The Labute approximate surface area is 131 Å². The molecule has 4 heteroatoms. The minimum absolute atomic E-state index is 0.479. The molecule has 0 atom stereocenters. The van der Waals surface area contributed by atoms with Crippen molar-refractivity contribution in [3.8, 4) is 11.5 Å². The number of benzene rings is 2. The van der Waals surface area contributed by atoms with Crippen molar-refractivity contribution < 1.29 is 9.47 Å². The summed E-state index contributed by atoms with van der Waals surface area (Å²) in [5, 5.41) is 1.07. The van der Waals surface area contributed by atoms with Crippen molar-refractivity contribution >= 4 is 26.8 Å². The molecule has 0 bridgehead atoms. The summed E-state index contributed by atoms with van der Waals surface area (Å²) >= 11 is 3.41. The zero-order chi connectivity index (χ0) is 14.5. The molecule has 0 aliphatic rings. The van der Waals surface area contributed by atoms with Crippen LogP contribution in [0.4, 0.5) is 0 Å². The number of pyridine rings is 1. The second-order valence-corrected chi connectivity index (χ2v) is 5.43. The number of fused-ring (bicyclic) bond motifs is 1. The monoisotopic (exact) mass is 343 g/mol. The van der Waals surface area contributed by atoms with Crippen LogP contribution in [0.15, 0.2) is 65.3 Å². The minimum atomic E-state index is 0.479. The number of hydrogen-bond acceptors (Lipinski definition) is 3. The molecule has 0 aliphatic heterocycles. The lowest BCUT2D eigenvalue weighted by molar-refractivity contribution is 0.217. The van der Waals surface area contributed by atoms with Crippen molar-refractivity contribution in [2.24, 2.45) is 0 Å². The van der Waals surface area contributed by atoms with Crippen LogP contribution < -0.4 is 9.47 Å². The van der Waals surface area contributed by atoms with E-state index in [4.69, 9.17) is 9.47 Å². The maximum absolute atomic E-state index is 5.67. The zero-order valence-corrected chi connectivity index (χ0v) is 12.9. The molecule has 0 N–H and O–H groups in total. The summed E-state index contributed by atoms with van der Waals surface area (Å²) in [6.45, 7) is 0.968. The molecule has 3 nitrogen and oxygen atoms in total. The Morgan fingerprint density at radius 1 is 0.857 bits per heavy atom. The van der Waals surface area contributed by atoms with E-state index in [2.05, 4.69) is 20.9 Å². The summed E-state index contributed by atoms with van der Waals surface area (Å²) in [6.07, 6.45) is 1.74. The van der Waals surface area contributed by atoms with E-state index in [9.17, 15) is 0 Å². The van der Waals surface area contributed by atoms with E-state index in [1.807, 2.05) is 54.6 Å². The van der Waals surface area contributed by atoms with Crippen LogP contribution in [0, 0.1) is 0 Å². The SMILES string of the molecule is Brc1cccc(OCCOc2cnc3ccccc3c2)c1. The summed E-state index contributed by atoms with van der Waals surface area (Å²) in [5.41, 5.74) is 0.968. The van der Waals surface area contributed by atoms with Crippen molar-refractivity contribution in [2.45, 2.75) is 0 Å². The molecule has 2 aromatic carbocycles. The molecule has 0 amide bonds. The summed E-state index contributed by atoms with van der Waals surface area (Å²) in [5.74, 6) is 1.58. The van der Waals surface area contributed by atoms with Gasteiger partial charge in [0.2, 0.25) is 0 Å². The first kappa shape index (κ1) is 13.9. The molecule has 0 aliphatic carbocycles. The lowest BCUT2D eigenvalue weighted by Gasteiger charge is -2.09. The smallest absolute Gasteiger partial charge is 0.138 e. The quantitative estimate of drug-likeness (QED) is 0.641. The highest BCUT2D eigenvalue weighted by molar-refractivity contribution is 9.10. The standard InChI is InChI=1S/C17H14BrNO2/c18-14-5-3-6-15(11-14)20-8-9-21-16-10-13-4-1-2-7-17(13)19-12-16/h1-7,10-12H,8-9H2. The van der Waals surface area contributed by atoms with Crippen LogP contribution in [0.25, 0.3) is 10.9 Å². The lowest BCUT2D eigenvalue weighted by Crippen LogP contribution is -2.09. The Morgan fingerprint density at radius 3 is 2.52 bits per heavy atom. The molecule has 21 heavy (non-hydrogen) atoms. The third-order valence-electron chi connectivity index (χ3n) is 2.98. The fourth-order valence-electron chi connectivity index (χ4n) is 2.01. The highest BCUT2D eigenvalue weighted by Gasteiger charge is 1.99. The van der Waals surface area contributed by atoms with Gasteiger partial charge in [-0.1, -0.05) is 40.2 Å². The molecule has 0 saturated heterocycles. The molecule has 0 unspecified atom stereocenters. The van der Waals surface area contributed by atoms with Gasteiger partial charge in [0.15, 0.2) is 0 Å². The van der Waals surface area contributed by atoms with Gasteiger partial charge in [0, 0.05) is 9.86 Å². The van der Waals surface area contributed by atoms with Gasteiger partial charge in [-0.25, -0.2) is 0 Å². The molecular formula is C17H14BrNO2. The Morgan fingerprint density at radius 2 is 1.67 bits per heavy atom. The van der Waals surface area contributed by atoms with E-state index in [1.165, 1.54) is 0 Å². The third-order valence-corrected chi connectivity index (χ3v) is 3.48. The predicted molar refractivity (Wildman–Crippen MR) is 86.9 cm³/mol. The molecule has 1 heterocycles. The topological polar surface area (TPSA) is 31.4 Å².